The van der Waals surface area contributed by atoms with E-state index in [2.05, 4.69) is 36.2 Å². The van der Waals surface area contributed by atoms with Crippen molar-refractivity contribution < 1.29 is 17.1 Å². The maximum atomic E-state index is 2.34. The van der Waals surface area contributed by atoms with E-state index in [0.29, 0.717) is 0 Å². The average Bonchev–Trinajstić information content (AvgIpc) is 2.31. The van der Waals surface area contributed by atoms with Crippen LogP contribution in [0.2, 0.25) is 0 Å². The first-order valence-corrected chi connectivity index (χ1v) is 3.95. The second kappa shape index (κ2) is 10.5. The van der Waals surface area contributed by atoms with E-state index >= 15 is 0 Å². The van der Waals surface area contributed by atoms with Gasteiger partial charge in [-0.15, -0.1) is 24.8 Å². The molecule has 0 atom stereocenters. The van der Waals surface area contributed by atoms with Crippen LogP contribution in [0.5, 0.6) is 0 Å². The summed E-state index contributed by atoms with van der Waals surface area (Å²) in [5, 5.41) is 0. The molecule has 0 fully saturated rings. The minimum atomic E-state index is 0. The summed E-state index contributed by atoms with van der Waals surface area (Å²) in [7, 11) is 2.10. The molecule has 0 radical (unpaired) electrons. The summed E-state index contributed by atoms with van der Waals surface area (Å²) in [5.41, 5.74) is 0. The van der Waals surface area contributed by atoms with Crippen LogP contribution in [0.1, 0.15) is 19.8 Å². The Morgan fingerprint density at radius 2 is 1.85 bits per heavy atom. The maximum Gasteiger partial charge on any atom is 0.0890 e. The zero-order chi connectivity index (χ0) is 7.40. The van der Waals surface area contributed by atoms with Crippen LogP contribution in [0.3, 0.4) is 0 Å². The molecule has 2 nitrogen and oxygen atoms in total. The van der Waals surface area contributed by atoms with Crippen molar-refractivity contribution >= 4 is 24.8 Å². The Morgan fingerprint density at radius 3 is 2.23 bits per heavy atom. The Bertz CT molecular complexity index is 133. The van der Waals surface area contributed by atoms with Crippen molar-refractivity contribution in [2.24, 2.45) is 0 Å². The Kier molecular flexibility index (Phi) is 15.4. The fourth-order valence-electron chi connectivity index (χ4n) is 1.10. The molecule has 82 valence electrons. The molecule has 0 saturated heterocycles. The van der Waals surface area contributed by atoms with Gasteiger partial charge in [0.25, 0.3) is 0 Å². The van der Waals surface area contributed by atoms with Gasteiger partial charge in [0, 0.05) is 43.1 Å². The Labute approximate surface area is 104 Å². The van der Waals surface area contributed by atoms with Crippen molar-refractivity contribution in [1.29, 1.82) is 0 Å². The molecule has 0 N–H and O–H groups in total. The summed E-state index contributed by atoms with van der Waals surface area (Å²) in [4.78, 5) is 4.53. The summed E-state index contributed by atoms with van der Waals surface area (Å²) in [6, 6.07) is 0. The molecule has 0 bridgehead atoms. The summed E-state index contributed by atoms with van der Waals surface area (Å²) in [6.45, 7) is 4.50. The normalized spacial score (nSPS) is 13.1. The number of hydrogen-bond donors (Lipinski definition) is 0. The first-order chi connectivity index (χ1) is 4.83. The van der Waals surface area contributed by atoms with E-state index in [4.69, 9.17) is 0 Å². The van der Waals surface area contributed by atoms with Gasteiger partial charge in [-0.2, -0.15) is 0 Å². The van der Waals surface area contributed by atoms with Crippen molar-refractivity contribution in [3.05, 3.63) is 12.4 Å². The first-order valence-electron chi connectivity index (χ1n) is 3.95. The number of hydrogen-bond acceptors (Lipinski definition) is 2. The van der Waals surface area contributed by atoms with Gasteiger partial charge in [0.05, 0.1) is 6.67 Å². The van der Waals surface area contributed by atoms with E-state index in [1.807, 2.05) is 0 Å². The van der Waals surface area contributed by atoms with Gasteiger partial charge in [0.1, 0.15) is 0 Å². The number of unbranched alkanes of at least 4 members (excludes halogenated alkanes) is 1. The van der Waals surface area contributed by atoms with E-state index in [9.17, 15) is 0 Å². The third-order valence-electron chi connectivity index (χ3n) is 1.74. The second-order valence-electron chi connectivity index (χ2n) is 2.86. The second-order valence-corrected chi connectivity index (χ2v) is 2.86. The van der Waals surface area contributed by atoms with Crippen molar-refractivity contribution in [2.45, 2.75) is 19.8 Å². The molecule has 0 amide bonds. The predicted molar refractivity (Wildman–Crippen MR) is 57.9 cm³/mol. The molecule has 1 aliphatic heterocycles. The van der Waals surface area contributed by atoms with Gasteiger partial charge >= 0.3 is 0 Å². The van der Waals surface area contributed by atoms with Crippen molar-refractivity contribution in [3.8, 4) is 0 Å². The van der Waals surface area contributed by atoms with Gasteiger partial charge in [0.15, 0.2) is 0 Å². The molecule has 0 aromatic carbocycles. The Morgan fingerprint density at radius 1 is 1.23 bits per heavy atom. The van der Waals surface area contributed by atoms with E-state index < -0.39 is 0 Å². The largest absolute Gasteiger partial charge is 0.362 e. The van der Waals surface area contributed by atoms with Crippen LogP contribution in [0.15, 0.2) is 12.4 Å². The van der Waals surface area contributed by atoms with E-state index in [-0.39, 0.29) is 41.9 Å². The zero-order valence-electron chi connectivity index (χ0n) is 8.05. The van der Waals surface area contributed by atoms with Crippen LogP contribution in [0.4, 0.5) is 0 Å². The zero-order valence-corrected chi connectivity index (χ0v) is 10.8. The Hall–Kier alpha value is 0.439. The molecule has 0 aromatic heterocycles. The molecular formula is C8H18Cl2FeN2. The van der Waals surface area contributed by atoms with Gasteiger partial charge in [0.2, 0.25) is 0 Å². The molecule has 5 heteroatoms. The molecule has 0 spiro atoms. The summed E-state index contributed by atoms with van der Waals surface area (Å²) < 4.78 is 0. The summed E-state index contributed by atoms with van der Waals surface area (Å²) >= 11 is 0. The summed E-state index contributed by atoms with van der Waals surface area (Å²) in [5.74, 6) is 0. The van der Waals surface area contributed by atoms with Crippen LogP contribution in [-0.4, -0.2) is 30.1 Å². The molecular weight excluding hydrogens is 251 g/mol. The van der Waals surface area contributed by atoms with Gasteiger partial charge in [-0.05, 0) is 6.42 Å². The predicted octanol–water partition coefficient (Wildman–Crippen LogP) is 2.30. The topological polar surface area (TPSA) is 6.48 Å². The molecule has 0 aromatic rings. The van der Waals surface area contributed by atoms with Gasteiger partial charge in [-0.25, -0.2) is 0 Å². The fourth-order valence-corrected chi connectivity index (χ4v) is 1.10. The van der Waals surface area contributed by atoms with Gasteiger partial charge < -0.3 is 9.80 Å². The third kappa shape index (κ3) is 7.51. The van der Waals surface area contributed by atoms with Crippen LogP contribution in [0.25, 0.3) is 0 Å². The minimum Gasteiger partial charge on any atom is -0.362 e. The number of halogens is 2. The van der Waals surface area contributed by atoms with Crippen LogP contribution >= 0.6 is 24.8 Å². The van der Waals surface area contributed by atoms with Crippen LogP contribution < -0.4 is 0 Å². The van der Waals surface area contributed by atoms with E-state index in [1.54, 1.807) is 0 Å². The van der Waals surface area contributed by atoms with Crippen molar-refractivity contribution in [1.82, 2.24) is 9.80 Å². The van der Waals surface area contributed by atoms with Gasteiger partial charge in [-0.3, -0.25) is 0 Å². The van der Waals surface area contributed by atoms with Gasteiger partial charge in [-0.1, -0.05) is 13.3 Å². The molecule has 0 unspecified atom stereocenters. The molecule has 1 aliphatic rings. The third-order valence-corrected chi connectivity index (χ3v) is 1.74. The molecule has 0 saturated carbocycles. The molecule has 1 heterocycles. The van der Waals surface area contributed by atoms with E-state index in [0.717, 1.165) is 6.67 Å². The summed E-state index contributed by atoms with van der Waals surface area (Å²) in [6.07, 6.45) is 6.87. The smallest absolute Gasteiger partial charge is 0.0890 e. The monoisotopic (exact) mass is 268 g/mol. The van der Waals surface area contributed by atoms with Crippen molar-refractivity contribution in [2.75, 3.05) is 20.3 Å². The first kappa shape index (κ1) is 19.1. The van der Waals surface area contributed by atoms with Crippen LogP contribution in [-0.2, 0) is 17.1 Å². The quantitative estimate of drug-likeness (QED) is 0.725. The minimum absolute atomic E-state index is 0. The maximum absolute atomic E-state index is 2.34. The molecule has 13 heavy (non-hydrogen) atoms. The SMILES string of the molecule is CCCCN1C=CN(C)C1.Cl.Cl.[Fe]. The standard InChI is InChI=1S/C8H16N2.2ClH.Fe/c1-3-4-5-10-7-6-9(2)8-10;;;/h6-7H,3-5,8H2,1-2H3;2*1H;. The Balaban J connectivity index is -0.000000333. The van der Waals surface area contributed by atoms with Crippen LogP contribution in [0, 0.1) is 0 Å². The average molecular weight is 269 g/mol. The number of rotatable bonds is 3. The molecule has 0 aliphatic carbocycles. The fraction of sp³-hybridized carbons (Fsp3) is 0.750. The van der Waals surface area contributed by atoms with Crippen molar-refractivity contribution in [3.63, 3.8) is 0 Å². The van der Waals surface area contributed by atoms with E-state index in [1.165, 1.54) is 19.4 Å². The number of nitrogens with zero attached hydrogens (tertiary/aromatic N) is 2. The molecule has 1 rings (SSSR count).